The van der Waals surface area contributed by atoms with Crippen molar-refractivity contribution >= 4 is 11.3 Å². The molecule has 0 aliphatic carbocycles. The van der Waals surface area contributed by atoms with E-state index in [0.717, 1.165) is 6.54 Å². The smallest absolute Gasteiger partial charge is 0.311 e. The number of rotatable bonds is 7. The number of hydrogen-bond donors (Lipinski definition) is 1. The van der Waals surface area contributed by atoms with Gasteiger partial charge in [-0.3, -0.25) is 4.90 Å². The Morgan fingerprint density at radius 1 is 1.41 bits per heavy atom. The van der Waals surface area contributed by atoms with Crippen molar-refractivity contribution in [2.75, 3.05) is 26.2 Å². The second-order valence-corrected chi connectivity index (χ2v) is 4.77. The van der Waals surface area contributed by atoms with Crippen LogP contribution in [-0.2, 0) is 6.54 Å². The second kappa shape index (κ2) is 6.98. The molecular weight excluding hydrogens is 249 g/mol. The number of halogens is 3. The van der Waals surface area contributed by atoms with Crippen LogP contribution in [0, 0.1) is 0 Å². The summed E-state index contributed by atoms with van der Waals surface area (Å²) in [5.74, 6) is 0. The highest BCUT2D eigenvalue weighted by atomic mass is 32.1. The van der Waals surface area contributed by atoms with Crippen LogP contribution in [0.3, 0.4) is 0 Å². The van der Waals surface area contributed by atoms with Gasteiger partial charge in [0, 0.05) is 24.5 Å². The lowest BCUT2D eigenvalue weighted by Gasteiger charge is -2.21. The van der Waals surface area contributed by atoms with E-state index in [-0.39, 0.29) is 0 Å². The first kappa shape index (κ1) is 14.5. The van der Waals surface area contributed by atoms with Crippen LogP contribution < -0.4 is 5.32 Å². The predicted molar refractivity (Wildman–Crippen MR) is 64.2 cm³/mol. The largest absolute Gasteiger partial charge is 0.401 e. The first-order chi connectivity index (χ1) is 8.01. The average molecular weight is 266 g/mol. The Morgan fingerprint density at radius 3 is 2.71 bits per heavy atom. The van der Waals surface area contributed by atoms with Crippen LogP contribution in [0.4, 0.5) is 13.2 Å². The lowest BCUT2D eigenvalue weighted by Crippen LogP contribution is -2.38. The minimum atomic E-state index is -4.11. The molecule has 0 amide bonds. The molecule has 6 heteroatoms. The van der Waals surface area contributed by atoms with E-state index in [2.05, 4.69) is 5.32 Å². The maximum atomic E-state index is 12.2. The highest BCUT2D eigenvalue weighted by Gasteiger charge is 2.29. The summed E-state index contributed by atoms with van der Waals surface area (Å²) in [6.07, 6.45) is -4.11. The molecule has 0 aliphatic rings. The molecule has 1 aromatic rings. The summed E-state index contributed by atoms with van der Waals surface area (Å²) < 4.78 is 36.5. The van der Waals surface area contributed by atoms with Crippen molar-refractivity contribution in [3.63, 3.8) is 0 Å². The molecule has 0 saturated carbocycles. The van der Waals surface area contributed by atoms with Gasteiger partial charge in [-0.25, -0.2) is 0 Å². The molecule has 0 aromatic carbocycles. The van der Waals surface area contributed by atoms with Gasteiger partial charge in [-0.1, -0.05) is 13.0 Å². The van der Waals surface area contributed by atoms with Gasteiger partial charge in [-0.15, -0.1) is 11.3 Å². The van der Waals surface area contributed by atoms with Crippen LogP contribution in [0.5, 0.6) is 0 Å². The van der Waals surface area contributed by atoms with Gasteiger partial charge < -0.3 is 5.32 Å². The lowest BCUT2D eigenvalue weighted by molar-refractivity contribution is -0.145. The Kier molecular flexibility index (Phi) is 5.94. The molecule has 0 atom stereocenters. The van der Waals surface area contributed by atoms with Crippen LogP contribution in [0.1, 0.15) is 11.8 Å². The third-order valence-corrected chi connectivity index (χ3v) is 3.21. The molecule has 1 rings (SSSR count). The van der Waals surface area contributed by atoms with Crippen molar-refractivity contribution in [2.24, 2.45) is 0 Å². The van der Waals surface area contributed by atoms with Gasteiger partial charge in [0.25, 0.3) is 0 Å². The number of alkyl halides is 3. The SMILES string of the molecule is CCN(CCNCc1cccs1)CC(F)(F)F. The Hall–Kier alpha value is -0.590. The van der Waals surface area contributed by atoms with E-state index < -0.39 is 12.7 Å². The topological polar surface area (TPSA) is 15.3 Å². The van der Waals surface area contributed by atoms with E-state index in [1.807, 2.05) is 17.5 Å². The molecule has 0 spiro atoms. The van der Waals surface area contributed by atoms with Crippen LogP contribution in [-0.4, -0.2) is 37.3 Å². The fourth-order valence-corrected chi connectivity index (χ4v) is 2.14. The summed E-state index contributed by atoms with van der Waals surface area (Å²) >= 11 is 1.64. The molecule has 98 valence electrons. The first-order valence-corrected chi connectivity index (χ1v) is 6.41. The van der Waals surface area contributed by atoms with Gasteiger partial charge in [0.1, 0.15) is 0 Å². The number of likely N-dealkylation sites (N-methyl/N-ethyl adjacent to an activating group) is 1. The first-order valence-electron chi connectivity index (χ1n) is 5.53. The van der Waals surface area contributed by atoms with E-state index in [1.54, 1.807) is 18.3 Å². The summed E-state index contributed by atoms with van der Waals surface area (Å²) in [4.78, 5) is 2.59. The summed E-state index contributed by atoms with van der Waals surface area (Å²) in [5.41, 5.74) is 0. The highest BCUT2D eigenvalue weighted by molar-refractivity contribution is 7.09. The summed E-state index contributed by atoms with van der Waals surface area (Å²) in [7, 11) is 0. The Balaban J connectivity index is 2.15. The zero-order valence-corrected chi connectivity index (χ0v) is 10.6. The Labute approximate surface area is 103 Å². The Bertz CT molecular complexity index is 298. The average Bonchev–Trinajstić information content (AvgIpc) is 2.73. The zero-order chi connectivity index (χ0) is 12.7. The number of nitrogens with one attached hydrogen (secondary N) is 1. The van der Waals surface area contributed by atoms with Crippen molar-refractivity contribution in [1.82, 2.24) is 10.2 Å². The van der Waals surface area contributed by atoms with Crippen LogP contribution in [0.2, 0.25) is 0 Å². The molecule has 17 heavy (non-hydrogen) atoms. The second-order valence-electron chi connectivity index (χ2n) is 3.74. The van der Waals surface area contributed by atoms with E-state index in [1.165, 1.54) is 9.78 Å². The fourth-order valence-electron chi connectivity index (χ4n) is 1.46. The van der Waals surface area contributed by atoms with Gasteiger partial charge in [0.05, 0.1) is 6.54 Å². The maximum absolute atomic E-state index is 12.2. The number of hydrogen-bond acceptors (Lipinski definition) is 3. The van der Waals surface area contributed by atoms with Gasteiger partial charge in [-0.05, 0) is 18.0 Å². The summed E-state index contributed by atoms with van der Waals surface area (Å²) in [6, 6.07) is 3.97. The summed E-state index contributed by atoms with van der Waals surface area (Å²) in [6.45, 7) is 3.04. The van der Waals surface area contributed by atoms with Crippen LogP contribution in [0.15, 0.2) is 17.5 Å². The standard InChI is InChI=1S/C11H17F3N2S/c1-2-16(9-11(12,13)14)6-5-15-8-10-4-3-7-17-10/h3-4,7,15H,2,5-6,8-9H2,1H3. The van der Waals surface area contributed by atoms with Crippen molar-refractivity contribution < 1.29 is 13.2 Å². The van der Waals surface area contributed by atoms with E-state index in [9.17, 15) is 13.2 Å². The fraction of sp³-hybridized carbons (Fsp3) is 0.636. The third kappa shape index (κ3) is 6.65. The third-order valence-electron chi connectivity index (χ3n) is 2.33. The highest BCUT2D eigenvalue weighted by Crippen LogP contribution is 2.15. The number of nitrogens with zero attached hydrogens (tertiary/aromatic N) is 1. The Morgan fingerprint density at radius 2 is 2.18 bits per heavy atom. The van der Waals surface area contributed by atoms with Gasteiger partial charge in [0.15, 0.2) is 0 Å². The normalized spacial score (nSPS) is 12.3. The molecule has 1 heterocycles. The van der Waals surface area contributed by atoms with Crippen molar-refractivity contribution in [2.45, 2.75) is 19.6 Å². The van der Waals surface area contributed by atoms with E-state index in [0.29, 0.717) is 19.6 Å². The van der Waals surface area contributed by atoms with Gasteiger partial charge in [-0.2, -0.15) is 13.2 Å². The van der Waals surface area contributed by atoms with Crippen molar-refractivity contribution in [1.29, 1.82) is 0 Å². The molecule has 2 nitrogen and oxygen atoms in total. The minimum Gasteiger partial charge on any atom is -0.311 e. The quantitative estimate of drug-likeness (QED) is 0.763. The predicted octanol–water partition coefficient (Wildman–Crippen LogP) is 2.72. The number of thiophene rings is 1. The summed E-state index contributed by atoms with van der Waals surface area (Å²) in [5, 5.41) is 5.12. The van der Waals surface area contributed by atoms with Crippen molar-refractivity contribution in [3.05, 3.63) is 22.4 Å². The molecule has 0 unspecified atom stereocenters. The molecule has 0 radical (unpaired) electrons. The molecule has 0 fully saturated rings. The van der Waals surface area contributed by atoms with Crippen LogP contribution >= 0.6 is 11.3 Å². The van der Waals surface area contributed by atoms with Gasteiger partial charge >= 0.3 is 6.18 Å². The van der Waals surface area contributed by atoms with Crippen molar-refractivity contribution in [3.8, 4) is 0 Å². The minimum absolute atomic E-state index is 0.417. The molecule has 1 N–H and O–H groups in total. The van der Waals surface area contributed by atoms with E-state index >= 15 is 0 Å². The van der Waals surface area contributed by atoms with E-state index in [4.69, 9.17) is 0 Å². The maximum Gasteiger partial charge on any atom is 0.401 e. The molecule has 1 aromatic heterocycles. The zero-order valence-electron chi connectivity index (χ0n) is 9.76. The monoisotopic (exact) mass is 266 g/mol. The molecule has 0 saturated heterocycles. The molecule has 0 aliphatic heterocycles. The lowest BCUT2D eigenvalue weighted by atomic mass is 10.4. The molecular formula is C11H17F3N2S. The van der Waals surface area contributed by atoms with Gasteiger partial charge in [0.2, 0.25) is 0 Å². The van der Waals surface area contributed by atoms with Crippen LogP contribution in [0.25, 0.3) is 0 Å². The molecule has 0 bridgehead atoms.